The number of rotatable bonds is 2. The zero-order valence-corrected chi connectivity index (χ0v) is 10.8. The van der Waals surface area contributed by atoms with Crippen molar-refractivity contribution in [3.05, 3.63) is 10.1 Å². The van der Waals surface area contributed by atoms with Crippen LogP contribution in [0.3, 0.4) is 0 Å². The number of hydrogen-bond acceptors (Lipinski definition) is 4. The van der Waals surface area contributed by atoms with E-state index < -0.39 is 5.79 Å². The molecule has 1 heterocycles. The lowest BCUT2D eigenvalue weighted by molar-refractivity contribution is -0.501. The highest BCUT2D eigenvalue weighted by Crippen LogP contribution is 2.53. The quantitative estimate of drug-likeness (QED) is 0.551. The molecule has 98 valence electrons. The molecule has 1 aliphatic carbocycles. The summed E-state index contributed by atoms with van der Waals surface area (Å²) in [5.74, 6) is -0.577. The smallest absolute Gasteiger partial charge is 0.209 e. The second-order valence-corrected chi connectivity index (χ2v) is 6.60. The van der Waals surface area contributed by atoms with E-state index in [2.05, 4.69) is 13.8 Å². The standard InChI is InChI=1S/C12H21NO4/c1-10(2)6-11(3,9-13(14)15)8-12(7-10)16-4-5-17-12/h4-9H2,1-3H3. The van der Waals surface area contributed by atoms with Crippen molar-refractivity contribution < 1.29 is 14.4 Å². The summed E-state index contributed by atoms with van der Waals surface area (Å²) in [6.45, 7) is 7.44. The Kier molecular flexibility index (Phi) is 2.94. The maximum absolute atomic E-state index is 10.8. The van der Waals surface area contributed by atoms with Gasteiger partial charge < -0.3 is 9.47 Å². The third kappa shape index (κ3) is 2.77. The van der Waals surface area contributed by atoms with Gasteiger partial charge in [-0.3, -0.25) is 10.1 Å². The third-order valence-electron chi connectivity index (χ3n) is 3.67. The van der Waals surface area contributed by atoms with Crippen molar-refractivity contribution in [3.8, 4) is 0 Å². The molecule has 17 heavy (non-hydrogen) atoms. The molecule has 2 fully saturated rings. The first-order chi connectivity index (χ1) is 7.74. The van der Waals surface area contributed by atoms with Crippen LogP contribution in [0.4, 0.5) is 0 Å². The van der Waals surface area contributed by atoms with Gasteiger partial charge in [0.05, 0.1) is 13.2 Å². The second-order valence-electron chi connectivity index (χ2n) is 6.60. The van der Waals surface area contributed by atoms with Crippen LogP contribution in [0.25, 0.3) is 0 Å². The number of ether oxygens (including phenoxy) is 2. The molecular formula is C12H21NO4. The highest BCUT2D eigenvalue weighted by Gasteiger charge is 2.54. The summed E-state index contributed by atoms with van der Waals surface area (Å²) in [4.78, 5) is 10.6. The van der Waals surface area contributed by atoms with Gasteiger partial charge in [-0.2, -0.15) is 0 Å². The van der Waals surface area contributed by atoms with E-state index >= 15 is 0 Å². The monoisotopic (exact) mass is 243 g/mol. The Morgan fingerprint density at radius 3 is 2.24 bits per heavy atom. The number of nitrogens with zero attached hydrogens (tertiary/aromatic N) is 1. The molecular weight excluding hydrogens is 222 g/mol. The Hall–Kier alpha value is -0.680. The summed E-state index contributed by atoms with van der Waals surface area (Å²) in [5.41, 5.74) is -0.317. The molecule has 0 bridgehead atoms. The van der Waals surface area contributed by atoms with Gasteiger partial charge in [0.25, 0.3) is 0 Å². The Morgan fingerprint density at radius 1 is 1.12 bits per heavy atom. The van der Waals surface area contributed by atoms with Crippen molar-refractivity contribution in [1.82, 2.24) is 0 Å². The van der Waals surface area contributed by atoms with Gasteiger partial charge in [0.2, 0.25) is 6.54 Å². The molecule has 0 amide bonds. The predicted molar refractivity (Wildman–Crippen MR) is 62.2 cm³/mol. The maximum Gasteiger partial charge on any atom is 0.209 e. The molecule has 2 rings (SSSR count). The largest absolute Gasteiger partial charge is 0.347 e. The van der Waals surface area contributed by atoms with Gasteiger partial charge in [0, 0.05) is 23.2 Å². The van der Waals surface area contributed by atoms with Crippen LogP contribution in [0, 0.1) is 20.9 Å². The van der Waals surface area contributed by atoms with Crippen molar-refractivity contribution in [1.29, 1.82) is 0 Å². The Bertz CT molecular complexity index is 322. The van der Waals surface area contributed by atoms with Crippen LogP contribution in [-0.4, -0.2) is 30.5 Å². The van der Waals surface area contributed by atoms with Crippen LogP contribution in [0.1, 0.15) is 40.0 Å². The normalized spacial score (nSPS) is 35.0. The molecule has 2 aliphatic rings. The fourth-order valence-corrected chi connectivity index (χ4v) is 3.85. The molecule has 5 heteroatoms. The lowest BCUT2D eigenvalue weighted by atomic mass is 9.62. The fourth-order valence-electron chi connectivity index (χ4n) is 3.85. The Labute approximate surface area is 102 Å². The topological polar surface area (TPSA) is 61.6 Å². The maximum atomic E-state index is 10.8. The molecule has 1 saturated carbocycles. The minimum atomic E-state index is -0.577. The van der Waals surface area contributed by atoms with Crippen LogP contribution < -0.4 is 0 Å². The average molecular weight is 243 g/mol. The molecule has 0 aromatic heterocycles. The summed E-state index contributed by atoms with van der Waals surface area (Å²) in [7, 11) is 0. The first-order valence-corrected chi connectivity index (χ1v) is 6.14. The summed E-state index contributed by atoms with van der Waals surface area (Å²) in [6.07, 6.45) is 2.30. The number of nitro groups is 1. The molecule has 1 atom stereocenters. The van der Waals surface area contributed by atoms with Crippen LogP contribution >= 0.6 is 0 Å². The van der Waals surface area contributed by atoms with Gasteiger partial charge in [-0.05, 0) is 11.8 Å². The van der Waals surface area contributed by atoms with Crippen LogP contribution in [0.15, 0.2) is 0 Å². The van der Waals surface area contributed by atoms with E-state index in [0.717, 1.165) is 12.8 Å². The minimum absolute atomic E-state index is 0.00903. The summed E-state index contributed by atoms with van der Waals surface area (Å²) in [5, 5.41) is 10.8. The Morgan fingerprint density at radius 2 is 1.71 bits per heavy atom. The predicted octanol–water partition coefficient (Wildman–Crippen LogP) is 2.22. The van der Waals surface area contributed by atoms with Crippen molar-refractivity contribution in [2.24, 2.45) is 10.8 Å². The van der Waals surface area contributed by atoms with Crippen LogP contribution in [0.5, 0.6) is 0 Å². The SMILES string of the molecule is CC1(C)CC(C)(C[N+](=O)[O-])CC2(C1)OCCO2. The van der Waals surface area contributed by atoms with E-state index in [1.807, 2.05) is 6.92 Å². The average Bonchev–Trinajstić information content (AvgIpc) is 2.44. The van der Waals surface area contributed by atoms with E-state index in [0.29, 0.717) is 19.6 Å². The van der Waals surface area contributed by atoms with Crippen molar-refractivity contribution in [2.75, 3.05) is 19.8 Å². The third-order valence-corrected chi connectivity index (χ3v) is 3.67. The molecule has 1 saturated heterocycles. The highest BCUT2D eigenvalue weighted by molar-refractivity contribution is 4.97. The van der Waals surface area contributed by atoms with Gasteiger partial charge in [-0.25, -0.2) is 0 Å². The fraction of sp³-hybridized carbons (Fsp3) is 1.00. The molecule has 0 aromatic carbocycles. The summed E-state index contributed by atoms with van der Waals surface area (Å²) >= 11 is 0. The van der Waals surface area contributed by atoms with Gasteiger partial charge >= 0.3 is 0 Å². The molecule has 0 aromatic rings. The molecule has 0 N–H and O–H groups in total. The zero-order valence-electron chi connectivity index (χ0n) is 10.8. The highest BCUT2D eigenvalue weighted by atomic mass is 16.7. The Balaban J connectivity index is 2.21. The molecule has 0 radical (unpaired) electrons. The van der Waals surface area contributed by atoms with Crippen molar-refractivity contribution >= 4 is 0 Å². The van der Waals surface area contributed by atoms with Crippen LogP contribution in [0.2, 0.25) is 0 Å². The summed E-state index contributed by atoms with van der Waals surface area (Å²) < 4.78 is 11.5. The first kappa shape index (κ1) is 12.8. The van der Waals surface area contributed by atoms with Crippen molar-refractivity contribution in [3.63, 3.8) is 0 Å². The minimum Gasteiger partial charge on any atom is -0.347 e. The van der Waals surface area contributed by atoms with Gasteiger partial charge in [-0.15, -0.1) is 0 Å². The molecule has 1 aliphatic heterocycles. The number of hydrogen-bond donors (Lipinski definition) is 0. The second kappa shape index (κ2) is 3.92. The van der Waals surface area contributed by atoms with E-state index in [9.17, 15) is 10.1 Å². The lowest BCUT2D eigenvalue weighted by Crippen LogP contribution is -2.50. The lowest BCUT2D eigenvalue weighted by Gasteiger charge is -2.48. The molecule has 1 spiro atoms. The molecule has 1 unspecified atom stereocenters. The van der Waals surface area contributed by atoms with Crippen molar-refractivity contribution in [2.45, 2.75) is 45.8 Å². The first-order valence-electron chi connectivity index (χ1n) is 6.14. The summed E-state index contributed by atoms with van der Waals surface area (Å²) in [6, 6.07) is 0. The van der Waals surface area contributed by atoms with Gasteiger partial charge in [0.1, 0.15) is 0 Å². The van der Waals surface area contributed by atoms with E-state index in [-0.39, 0.29) is 22.3 Å². The zero-order chi connectivity index (χ0) is 12.7. The molecule has 5 nitrogen and oxygen atoms in total. The van der Waals surface area contributed by atoms with Gasteiger partial charge in [-0.1, -0.05) is 20.8 Å². The van der Waals surface area contributed by atoms with E-state index in [1.54, 1.807) is 0 Å². The van der Waals surface area contributed by atoms with E-state index in [1.165, 1.54) is 0 Å². The van der Waals surface area contributed by atoms with E-state index in [4.69, 9.17) is 9.47 Å². The van der Waals surface area contributed by atoms with Crippen LogP contribution in [-0.2, 0) is 9.47 Å². The van der Waals surface area contributed by atoms with Gasteiger partial charge in [0.15, 0.2) is 5.79 Å².